The smallest absolute Gasteiger partial charge is 0.0645 e. The number of hydrogen-bond acceptors (Lipinski definition) is 5. The van der Waals surface area contributed by atoms with Crippen molar-refractivity contribution >= 4 is 0 Å². The summed E-state index contributed by atoms with van der Waals surface area (Å²) in [6.07, 6.45) is 16.3. The highest BCUT2D eigenvalue weighted by Gasteiger charge is 2.32. The third kappa shape index (κ3) is 20.6. The van der Waals surface area contributed by atoms with Gasteiger partial charge in [-0.1, -0.05) is 131 Å². The third-order valence-corrected chi connectivity index (χ3v) is 12.2. The molecule has 0 aromatic heterocycles. The molecule has 312 valence electrons. The standard InChI is InChI=1S/2C8H17N.2C8H16O.C8H16.C7H14O/c1-8(2,3)7-4-5-9-6-7;3*1-8(2,3)7-5-4-6-9-7;1-8(2,3)7-5-4-6-7;1-7(2,3)6-4-5-8-6/h2*7,9H,4-6H2,1-3H3;2*7H,4-6H2,1-3H3;7H,4-6H2,1-3H3;6H,4-5H2,1-3H3/t4*7-;;6-/m1000.0/s1. The lowest BCUT2D eigenvalue weighted by Gasteiger charge is -2.37. The fourth-order valence-corrected chi connectivity index (χ4v) is 7.53. The topological polar surface area (TPSA) is 51.8 Å². The average molecular weight is 737 g/mol. The Hall–Kier alpha value is -0.200. The second-order valence-corrected chi connectivity index (χ2v) is 23.3. The highest BCUT2D eigenvalue weighted by atomic mass is 16.5. The minimum atomic E-state index is 0.358. The zero-order valence-electron chi connectivity index (χ0n) is 38.7. The second-order valence-electron chi connectivity index (χ2n) is 23.3. The summed E-state index contributed by atoms with van der Waals surface area (Å²) in [5.74, 6) is 1.93. The fraction of sp³-hybridized carbons (Fsp3) is 1.00. The van der Waals surface area contributed by atoms with Gasteiger partial charge in [0.15, 0.2) is 0 Å². The SMILES string of the molecule is CC(C)(C)C1CCC1.CC(C)(C)[C@@H]1CCCN1.CC(C)(C)[C@@H]1CCCO1.CC(C)(C)[C@@H]1CCCO1.CC(C)(C)[C@@H]1CCNC1.CC(C)(C)[C@@H]1CCO1. The summed E-state index contributed by atoms with van der Waals surface area (Å²) in [4.78, 5) is 0. The maximum absolute atomic E-state index is 5.52. The van der Waals surface area contributed by atoms with E-state index >= 15 is 0 Å². The van der Waals surface area contributed by atoms with Crippen molar-refractivity contribution in [3.05, 3.63) is 0 Å². The zero-order chi connectivity index (χ0) is 40.0. The monoisotopic (exact) mass is 737 g/mol. The Kier molecular flexibility index (Phi) is 21.0. The van der Waals surface area contributed by atoms with Gasteiger partial charge in [-0.25, -0.2) is 0 Å². The summed E-state index contributed by atoms with van der Waals surface area (Å²) in [5, 5.41) is 6.88. The molecule has 0 aromatic carbocycles. The van der Waals surface area contributed by atoms with Gasteiger partial charge in [-0.2, -0.15) is 0 Å². The van der Waals surface area contributed by atoms with E-state index in [2.05, 4.69) is 135 Å². The molecule has 1 aliphatic carbocycles. The molecule has 0 bridgehead atoms. The molecule has 5 saturated heterocycles. The van der Waals surface area contributed by atoms with Crippen LogP contribution in [0, 0.1) is 44.3 Å². The van der Waals surface area contributed by atoms with Gasteiger partial charge in [-0.05, 0) is 128 Å². The zero-order valence-corrected chi connectivity index (χ0v) is 38.7. The summed E-state index contributed by atoms with van der Waals surface area (Å²) >= 11 is 0. The Morgan fingerprint density at radius 2 is 0.788 bits per heavy atom. The van der Waals surface area contributed by atoms with Crippen LogP contribution in [0.15, 0.2) is 0 Å². The van der Waals surface area contributed by atoms with Crippen LogP contribution >= 0.6 is 0 Å². The first-order valence-electron chi connectivity index (χ1n) is 21.9. The van der Waals surface area contributed by atoms with Gasteiger partial charge in [0.05, 0.1) is 18.3 Å². The van der Waals surface area contributed by atoms with Crippen LogP contribution in [0.1, 0.15) is 195 Å². The Balaban J connectivity index is 0.000000312. The third-order valence-electron chi connectivity index (χ3n) is 12.2. The van der Waals surface area contributed by atoms with E-state index in [1.165, 1.54) is 90.3 Å². The van der Waals surface area contributed by atoms with Crippen LogP contribution in [0.2, 0.25) is 0 Å². The molecule has 5 heterocycles. The lowest BCUT2D eigenvalue weighted by molar-refractivity contribution is -0.109. The second kappa shape index (κ2) is 21.9. The molecule has 0 amide bonds. The Morgan fingerprint density at radius 3 is 0.904 bits per heavy atom. The van der Waals surface area contributed by atoms with Crippen LogP contribution < -0.4 is 10.6 Å². The molecule has 5 atom stereocenters. The minimum absolute atomic E-state index is 0.358. The number of rotatable bonds is 0. The maximum atomic E-state index is 5.52. The average Bonchev–Trinajstić information content (AvgIpc) is 3.74. The Labute approximate surface area is 327 Å². The lowest BCUT2D eigenvalue weighted by atomic mass is 9.69. The normalized spacial score (nSPS) is 28.2. The molecule has 5 heteroatoms. The summed E-state index contributed by atoms with van der Waals surface area (Å²) in [6, 6.07) is 0.762. The molecule has 52 heavy (non-hydrogen) atoms. The van der Waals surface area contributed by atoms with E-state index in [-0.39, 0.29) is 0 Å². The summed E-state index contributed by atoms with van der Waals surface area (Å²) in [7, 11) is 0. The van der Waals surface area contributed by atoms with Crippen LogP contribution in [0.5, 0.6) is 0 Å². The van der Waals surface area contributed by atoms with E-state index in [0.717, 1.165) is 37.7 Å². The van der Waals surface area contributed by atoms with E-state index in [4.69, 9.17) is 14.2 Å². The van der Waals surface area contributed by atoms with Gasteiger partial charge in [0.1, 0.15) is 0 Å². The quantitative estimate of drug-likeness (QED) is 0.259. The van der Waals surface area contributed by atoms with Crippen LogP contribution in [-0.2, 0) is 14.2 Å². The molecule has 2 N–H and O–H groups in total. The molecular formula is C47H96N2O3. The van der Waals surface area contributed by atoms with Crippen LogP contribution in [0.3, 0.4) is 0 Å². The first-order valence-corrected chi connectivity index (χ1v) is 21.9. The van der Waals surface area contributed by atoms with Gasteiger partial charge < -0.3 is 24.8 Å². The largest absolute Gasteiger partial charge is 0.378 e. The summed E-state index contributed by atoms with van der Waals surface area (Å²) < 4.78 is 16.3. The first-order chi connectivity index (χ1) is 23.6. The molecule has 0 unspecified atom stereocenters. The van der Waals surface area contributed by atoms with Gasteiger partial charge >= 0.3 is 0 Å². The molecule has 1 saturated carbocycles. The van der Waals surface area contributed by atoms with Crippen molar-refractivity contribution in [3.8, 4) is 0 Å². The van der Waals surface area contributed by atoms with Crippen LogP contribution in [0.25, 0.3) is 0 Å². The maximum Gasteiger partial charge on any atom is 0.0645 e. The van der Waals surface area contributed by atoms with Gasteiger partial charge in [-0.3, -0.25) is 0 Å². The molecule has 0 radical (unpaired) electrons. The lowest BCUT2D eigenvalue weighted by Crippen LogP contribution is -2.38. The van der Waals surface area contributed by atoms with Gasteiger partial charge in [0.2, 0.25) is 0 Å². The molecule has 6 fully saturated rings. The predicted octanol–water partition coefficient (Wildman–Crippen LogP) is 12.5. The Bertz CT molecular complexity index is 761. The van der Waals surface area contributed by atoms with Crippen LogP contribution in [0.4, 0.5) is 0 Å². The van der Waals surface area contributed by atoms with Crippen molar-refractivity contribution in [3.63, 3.8) is 0 Å². The van der Waals surface area contributed by atoms with E-state index in [9.17, 15) is 0 Å². The van der Waals surface area contributed by atoms with E-state index in [0.29, 0.717) is 50.8 Å². The van der Waals surface area contributed by atoms with Crippen molar-refractivity contribution in [2.24, 2.45) is 44.3 Å². The molecule has 0 aromatic rings. The van der Waals surface area contributed by atoms with E-state index in [1.54, 1.807) is 0 Å². The van der Waals surface area contributed by atoms with Gasteiger partial charge in [-0.15, -0.1) is 0 Å². The molecule has 6 aliphatic rings. The highest BCUT2D eigenvalue weighted by Crippen LogP contribution is 2.41. The molecule has 5 nitrogen and oxygen atoms in total. The molecule has 6 rings (SSSR count). The van der Waals surface area contributed by atoms with Gasteiger partial charge in [0.25, 0.3) is 0 Å². The number of ether oxygens (including phenoxy) is 3. The minimum Gasteiger partial charge on any atom is -0.378 e. The first kappa shape index (κ1) is 49.8. The van der Waals surface area contributed by atoms with E-state index < -0.39 is 0 Å². The van der Waals surface area contributed by atoms with E-state index in [1.807, 2.05) is 0 Å². The van der Waals surface area contributed by atoms with Gasteiger partial charge in [0, 0.05) is 25.9 Å². The molecular weight excluding hydrogens is 641 g/mol. The summed E-state index contributed by atoms with van der Waals surface area (Å²) in [5.41, 5.74) is 2.67. The fourth-order valence-electron chi connectivity index (χ4n) is 7.53. The van der Waals surface area contributed by atoms with Crippen molar-refractivity contribution in [1.29, 1.82) is 0 Å². The predicted molar refractivity (Wildman–Crippen MR) is 228 cm³/mol. The number of hydrogen-bond donors (Lipinski definition) is 2. The highest BCUT2D eigenvalue weighted by molar-refractivity contribution is 4.85. The van der Waals surface area contributed by atoms with Crippen LogP contribution in [-0.4, -0.2) is 63.8 Å². The Morgan fingerprint density at radius 1 is 0.365 bits per heavy atom. The molecule has 5 aliphatic heterocycles. The molecule has 0 spiro atoms. The van der Waals surface area contributed by atoms with Crippen molar-refractivity contribution < 1.29 is 14.2 Å². The summed E-state index contributed by atoms with van der Waals surface area (Å²) in [6.45, 7) is 47.6. The van der Waals surface area contributed by atoms with Crippen molar-refractivity contribution in [2.75, 3.05) is 39.5 Å². The number of nitrogens with one attached hydrogen (secondary N) is 2. The van der Waals surface area contributed by atoms with Crippen molar-refractivity contribution in [1.82, 2.24) is 10.6 Å². The van der Waals surface area contributed by atoms with Crippen molar-refractivity contribution in [2.45, 2.75) is 220 Å².